The predicted molar refractivity (Wildman–Crippen MR) is 95.0 cm³/mol. The number of nitrogens with zero attached hydrogens (tertiary/aromatic N) is 2. The molecule has 1 heterocycles. The molecule has 1 aromatic carbocycles. The predicted octanol–water partition coefficient (Wildman–Crippen LogP) is 2.61. The molecular weight excluding hydrogens is 342 g/mol. The largest absolute Gasteiger partial charge is 0.497 e. The summed E-state index contributed by atoms with van der Waals surface area (Å²) in [6, 6.07) is 6.87. The van der Waals surface area contributed by atoms with E-state index in [0.29, 0.717) is 16.5 Å². The number of esters is 1. The first-order valence-electron chi connectivity index (χ1n) is 7.60. The number of carbonyl (C=O) groups is 2. The van der Waals surface area contributed by atoms with Crippen LogP contribution in [0.25, 0.3) is 0 Å². The van der Waals surface area contributed by atoms with Crippen LogP contribution in [-0.2, 0) is 4.74 Å². The average Bonchev–Trinajstić information content (AvgIpc) is 2.61. The number of ether oxygens (including phenoxy) is 2. The Kier molecular flexibility index (Phi) is 6.35. The Morgan fingerprint density at radius 3 is 2.52 bits per heavy atom. The van der Waals surface area contributed by atoms with E-state index >= 15 is 0 Å². The number of nitrogen functional groups attached to an aromatic ring is 1. The lowest BCUT2D eigenvalue weighted by atomic mass is 10.1. The van der Waals surface area contributed by atoms with Gasteiger partial charge in [0.05, 0.1) is 19.0 Å². The van der Waals surface area contributed by atoms with E-state index in [1.165, 1.54) is 18.0 Å². The molecule has 7 nitrogen and oxygen atoms in total. The van der Waals surface area contributed by atoms with Crippen LogP contribution in [-0.4, -0.2) is 40.7 Å². The zero-order chi connectivity index (χ0) is 18.4. The van der Waals surface area contributed by atoms with Gasteiger partial charge in [0, 0.05) is 11.8 Å². The number of hydrogen-bond donors (Lipinski definition) is 1. The summed E-state index contributed by atoms with van der Waals surface area (Å²) >= 11 is 1.17. The van der Waals surface area contributed by atoms with Crippen molar-refractivity contribution in [1.82, 2.24) is 9.97 Å². The molecule has 0 aliphatic carbocycles. The van der Waals surface area contributed by atoms with Crippen LogP contribution in [0.3, 0.4) is 0 Å². The molecule has 8 heteroatoms. The molecule has 1 atom stereocenters. The zero-order valence-electron chi connectivity index (χ0n) is 14.2. The van der Waals surface area contributed by atoms with Crippen LogP contribution in [0, 0.1) is 0 Å². The van der Waals surface area contributed by atoms with Crippen LogP contribution in [0.1, 0.15) is 34.6 Å². The van der Waals surface area contributed by atoms with Crippen molar-refractivity contribution >= 4 is 29.3 Å². The highest BCUT2D eigenvalue weighted by atomic mass is 32.2. The summed E-state index contributed by atoms with van der Waals surface area (Å²) < 4.78 is 9.95. The highest BCUT2D eigenvalue weighted by Gasteiger charge is 2.20. The van der Waals surface area contributed by atoms with Gasteiger partial charge in [0.2, 0.25) is 0 Å². The summed E-state index contributed by atoms with van der Waals surface area (Å²) in [4.78, 5) is 32.3. The third-order valence-electron chi connectivity index (χ3n) is 3.32. The van der Waals surface area contributed by atoms with Crippen molar-refractivity contribution in [3.63, 3.8) is 0 Å². The third kappa shape index (κ3) is 4.69. The van der Waals surface area contributed by atoms with E-state index in [1.54, 1.807) is 45.2 Å². The van der Waals surface area contributed by atoms with Crippen molar-refractivity contribution in [2.24, 2.45) is 0 Å². The van der Waals surface area contributed by atoms with Gasteiger partial charge in [-0.1, -0.05) is 11.8 Å². The average molecular weight is 361 g/mol. The lowest BCUT2D eigenvalue weighted by Crippen LogP contribution is -2.15. The number of hydrogen-bond acceptors (Lipinski definition) is 8. The molecule has 0 spiro atoms. The minimum Gasteiger partial charge on any atom is -0.497 e. The van der Waals surface area contributed by atoms with Gasteiger partial charge in [-0.25, -0.2) is 14.8 Å². The topological polar surface area (TPSA) is 104 Å². The number of Topliss-reactive ketones (excluding diaryl/α,β-unsaturated/α-hetero) is 1. The first-order valence-corrected chi connectivity index (χ1v) is 8.48. The number of methoxy groups -OCH3 is 1. The summed E-state index contributed by atoms with van der Waals surface area (Å²) in [7, 11) is 1.57. The van der Waals surface area contributed by atoms with E-state index < -0.39 is 11.2 Å². The Labute approximate surface area is 149 Å². The van der Waals surface area contributed by atoms with Crippen LogP contribution in [0.2, 0.25) is 0 Å². The molecule has 0 aliphatic rings. The highest BCUT2D eigenvalue weighted by molar-refractivity contribution is 8.00. The molecule has 1 aromatic heterocycles. The summed E-state index contributed by atoms with van der Waals surface area (Å²) in [6.07, 6.45) is 1.31. The maximum Gasteiger partial charge on any atom is 0.343 e. The van der Waals surface area contributed by atoms with E-state index in [9.17, 15) is 9.59 Å². The summed E-state index contributed by atoms with van der Waals surface area (Å²) in [5, 5.41) is -0.0962. The quantitative estimate of drug-likeness (QED) is 0.347. The molecular formula is C17H19N3O4S. The van der Waals surface area contributed by atoms with Crippen LogP contribution in [0.5, 0.6) is 5.75 Å². The van der Waals surface area contributed by atoms with Gasteiger partial charge < -0.3 is 15.2 Å². The molecule has 0 saturated carbocycles. The maximum absolute atomic E-state index is 12.5. The minimum absolute atomic E-state index is 0.0278. The number of rotatable bonds is 7. The molecule has 0 fully saturated rings. The Hall–Kier alpha value is -2.61. The first-order chi connectivity index (χ1) is 12.0. The number of benzene rings is 1. The lowest BCUT2D eigenvalue weighted by molar-refractivity contribution is 0.0526. The monoisotopic (exact) mass is 361 g/mol. The Morgan fingerprint density at radius 1 is 1.28 bits per heavy atom. The van der Waals surface area contributed by atoms with E-state index in [-0.39, 0.29) is 23.8 Å². The van der Waals surface area contributed by atoms with Gasteiger partial charge in [0.15, 0.2) is 10.9 Å². The molecule has 0 radical (unpaired) electrons. The SMILES string of the molecule is CCOC(=O)c1cnc(SC(C)C(=O)c2ccc(OC)cc2)nc1N. The number of aromatic nitrogens is 2. The van der Waals surface area contributed by atoms with E-state index in [1.807, 2.05) is 0 Å². The van der Waals surface area contributed by atoms with Crippen LogP contribution in [0.4, 0.5) is 5.82 Å². The van der Waals surface area contributed by atoms with Gasteiger partial charge in [0.1, 0.15) is 17.1 Å². The number of ketones is 1. The molecule has 25 heavy (non-hydrogen) atoms. The molecule has 0 saturated heterocycles. The van der Waals surface area contributed by atoms with Crippen molar-refractivity contribution in [1.29, 1.82) is 0 Å². The van der Waals surface area contributed by atoms with Gasteiger partial charge in [-0.15, -0.1) is 0 Å². The highest BCUT2D eigenvalue weighted by Crippen LogP contribution is 2.25. The second-order valence-electron chi connectivity index (χ2n) is 5.02. The smallest absolute Gasteiger partial charge is 0.343 e. The van der Waals surface area contributed by atoms with Gasteiger partial charge in [-0.3, -0.25) is 4.79 Å². The number of carbonyl (C=O) groups excluding carboxylic acids is 2. The summed E-state index contributed by atoms with van der Waals surface area (Å²) in [6.45, 7) is 3.70. The Bertz CT molecular complexity index is 765. The van der Waals surface area contributed by atoms with E-state index in [2.05, 4.69) is 9.97 Å². The molecule has 2 N–H and O–H groups in total. The summed E-state index contributed by atoms with van der Waals surface area (Å²) in [5.41, 5.74) is 6.46. The normalized spacial score (nSPS) is 11.6. The molecule has 0 bridgehead atoms. The lowest BCUT2D eigenvalue weighted by Gasteiger charge is -2.11. The van der Waals surface area contributed by atoms with Gasteiger partial charge >= 0.3 is 5.97 Å². The maximum atomic E-state index is 12.5. The van der Waals surface area contributed by atoms with Crippen molar-refractivity contribution in [3.8, 4) is 5.75 Å². The number of anilines is 1. The third-order valence-corrected chi connectivity index (χ3v) is 4.29. The molecule has 0 aliphatic heterocycles. The van der Waals surface area contributed by atoms with Crippen LogP contribution in [0.15, 0.2) is 35.6 Å². The molecule has 2 aromatic rings. The Balaban J connectivity index is 2.08. The van der Waals surface area contributed by atoms with E-state index in [4.69, 9.17) is 15.2 Å². The second kappa shape index (κ2) is 8.48. The number of nitrogens with two attached hydrogens (primary N) is 1. The fourth-order valence-corrected chi connectivity index (χ4v) is 2.83. The standard InChI is InChI=1S/C17H19N3O4S/c1-4-24-16(22)13-9-19-17(20-15(13)18)25-10(2)14(21)11-5-7-12(23-3)8-6-11/h5-10H,4H2,1-3H3,(H2,18,19,20). The first kappa shape index (κ1) is 18.7. The number of thioether (sulfide) groups is 1. The van der Waals surface area contributed by atoms with Crippen molar-refractivity contribution in [2.45, 2.75) is 24.3 Å². The van der Waals surface area contributed by atoms with Crippen LogP contribution < -0.4 is 10.5 Å². The van der Waals surface area contributed by atoms with E-state index in [0.717, 1.165) is 0 Å². The fourth-order valence-electron chi connectivity index (χ4n) is 2.00. The van der Waals surface area contributed by atoms with Crippen molar-refractivity contribution in [3.05, 3.63) is 41.6 Å². The molecule has 132 valence electrons. The summed E-state index contributed by atoms with van der Waals surface area (Å²) in [5.74, 6) is 0.0748. The second-order valence-corrected chi connectivity index (χ2v) is 6.33. The Morgan fingerprint density at radius 2 is 1.96 bits per heavy atom. The zero-order valence-corrected chi connectivity index (χ0v) is 15.0. The van der Waals surface area contributed by atoms with Crippen molar-refractivity contribution < 1.29 is 19.1 Å². The molecule has 1 unspecified atom stereocenters. The van der Waals surface area contributed by atoms with Gasteiger partial charge in [-0.05, 0) is 38.1 Å². The molecule has 0 amide bonds. The molecule has 2 rings (SSSR count). The van der Waals surface area contributed by atoms with Crippen molar-refractivity contribution in [2.75, 3.05) is 19.5 Å². The van der Waals surface area contributed by atoms with Gasteiger partial charge in [0.25, 0.3) is 0 Å². The fraction of sp³-hybridized carbons (Fsp3) is 0.294. The minimum atomic E-state index is -0.570. The van der Waals surface area contributed by atoms with Crippen LogP contribution >= 0.6 is 11.8 Å². The van der Waals surface area contributed by atoms with Gasteiger partial charge in [-0.2, -0.15) is 0 Å².